The van der Waals surface area contributed by atoms with Gasteiger partial charge in [0.25, 0.3) is 0 Å². The van der Waals surface area contributed by atoms with Gasteiger partial charge in [-0.3, -0.25) is 0 Å². The number of rotatable bonds is 5. The molecule has 0 atom stereocenters. The summed E-state index contributed by atoms with van der Waals surface area (Å²) in [5.74, 6) is 1.82. The van der Waals surface area contributed by atoms with Crippen LogP contribution in [0.1, 0.15) is 17.3 Å². The van der Waals surface area contributed by atoms with E-state index in [0.29, 0.717) is 0 Å². The van der Waals surface area contributed by atoms with E-state index in [9.17, 15) is 0 Å². The van der Waals surface area contributed by atoms with E-state index in [-0.39, 0.29) is 0 Å². The van der Waals surface area contributed by atoms with Crippen molar-refractivity contribution < 1.29 is 4.42 Å². The lowest BCUT2D eigenvalue weighted by Crippen LogP contribution is -2.17. The Bertz CT molecular complexity index is 426. The van der Waals surface area contributed by atoms with Gasteiger partial charge in [0.05, 0.1) is 12.0 Å². The van der Waals surface area contributed by atoms with Crippen LogP contribution in [0.15, 0.2) is 35.1 Å². The Morgan fingerprint density at radius 2 is 2.31 bits per heavy atom. The van der Waals surface area contributed by atoms with E-state index in [0.717, 1.165) is 36.8 Å². The monoisotopic (exact) mass is 217 g/mol. The highest BCUT2D eigenvalue weighted by Gasteiger charge is 1.97. The van der Waals surface area contributed by atoms with E-state index in [4.69, 9.17) is 4.42 Å². The van der Waals surface area contributed by atoms with Crippen molar-refractivity contribution in [2.45, 2.75) is 19.9 Å². The molecule has 0 aliphatic rings. The Hall–Kier alpha value is -1.68. The number of hydrogen-bond acceptors (Lipinski definition) is 4. The van der Waals surface area contributed by atoms with E-state index in [1.165, 1.54) is 0 Å². The van der Waals surface area contributed by atoms with E-state index in [1.54, 1.807) is 12.5 Å². The van der Waals surface area contributed by atoms with Crippen LogP contribution in [0.3, 0.4) is 0 Å². The summed E-state index contributed by atoms with van der Waals surface area (Å²) >= 11 is 0. The molecule has 4 heteroatoms. The smallest absolute Gasteiger partial charge is 0.125 e. The average Bonchev–Trinajstić information content (AvgIpc) is 2.77. The van der Waals surface area contributed by atoms with E-state index >= 15 is 0 Å². The van der Waals surface area contributed by atoms with Crippen LogP contribution in [0.25, 0.3) is 0 Å². The van der Waals surface area contributed by atoms with Crippen molar-refractivity contribution in [2.24, 2.45) is 0 Å². The third kappa shape index (κ3) is 3.17. The SMILES string of the molecule is Cc1nccc(CNCCc2ccco2)n1. The molecule has 2 aromatic heterocycles. The number of nitrogens with one attached hydrogen (secondary N) is 1. The maximum absolute atomic E-state index is 5.24. The molecule has 0 amide bonds. The van der Waals surface area contributed by atoms with Gasteiger partial charge < -0.3 is 9.73 Å². The largest absolute Gasteiger partial charge is 0.469 e. The molecule has 0 bridgehead atoms. The number of furan rings is 1. The summed E-state index contributed by atoms with van der Waals surface area (Å²) in [4.78, 5) is 8.37. The minimum atomic E-state index is 0.768. The van der Waals surface area contributed by atoms with E-state index in [2.05, 4.69) is 15.3 Å². The van der Waals surface area contributed by atoms with Gasteiger partial charge in [-0.05, 0) is 25.1 Å². The molecule has 0 fully saturated rings. The zero-order valence-electron chi connectivity index (χ0n) is 9.31. The van der Waals surface area contributed by atoms with Crippen molar-refractivity contribution in [3.05, 3.63) is 47.9 Å². The normalized spacial score (nSPS) is 10.6. The summed E-state index contributed by atoms with van der Waals surface area (Å²) < 4.78 is 5.24. The summed E-state index contributed by atoms with van der Waals surface area (Å²) in [6.07, 6.45) is 4.38. The molecule has 2 aromatic rings. The van der Waals surface area contributed by atoms with Crippen LogP contribution >= 0.6 is 0 Å². The molecule has 1 N–H and O–H groups in total. The van der Waals surface area contributed by atoms with Gasteiger partial charge in [-0.25, -0.2) is 9.97 Å². The molecule has 2 rings (SSSR count). The van der Waals surface area contributed by atoms with Gasteiger partial charge in [-0.2, -0.15) is 0 Å². The van der Waals surface area contributed by atoms with Crippen LogP contribution in [-0.4, -0.2) is 16.5 Å². The van der Waals surface area contributed by atoms with Crippen LogP contribution in [0.4, 0.5) is 0 Å². The van der Waals surface area contributed by atoms with Crippen LogP contribution < -0.4 is 5.32 Å². The van der Waals surface area contributed by atoms with Crippen molar-refractivity contribution in [3.63, 3.8) is 0 Å². The summed E-state index contributed by atoms with van der Waals surface area (Å²) in [6, 6.07) is 5.81. The molecule has 84 valence electrons. The summed E-state index contributed by atoms with van der Waals surface area (Å²) in [5.41, 5.74) is 1.02. The number of aromatic nitrogens is 2. The van der Waals surface area contributed by atoms with Gasteiger partial charge in [0.15, 0.2) is 0 Å². The summed E-state index contributed by atoms with van der Waals surface area (Å²) in [7, 11) is 0. The Morgan fingerprint density at radius 3 is 3.06 bits per heavy atom. The summed E-state index contributed by atoms with van der Waals surface area (Å²) in [6.45, 7) is 3.55. The highest BCUT2D eigenvalue weighted by Crippen LogP contribution is 2.00. The van der Waals surface area contributed by atoms with Gasteiger partial charge in [0.2, 0.25) is 0 Å². The molecule has 0 aromatic carbocycles. The second-order valence-electron chi connectivity index (χ2n) is 3.60. The number of hydrogen-bond donors (Lipinski definition) is 1. The van der Waals surface area contributed by atoms with Crippen LogP contribution in [0.2, 0.25) is 0 Å². The fourth-order valence-electron chi connectivity index (χ4n) is 1.49. The minimum absolute atomic E-state index is 0.768. The van der Waals surface area contributed by atoms with Crippen LogP contribution in [0, 0.1) is 6.92 Å². The predicted molar refractivity (Wildman–Crippen MR) is 60.9 cm³/mol. The standard InChI is InChI=1S/C12H15N3O/c1-10-14-7-4-11(15-10)9-13-6-5-12-3-2-8-16-12/h2-4,7-8,13H,5-6,9H2,1H3. The molecule has 0 radical (unpaired) electrons. The molecular weight excluding hydrogens is 202 g/mol. The quantitative estimate of drug-likeness (QED) is 0.775. The molecule has 0 aliphatic heterocycles. The zero-order chi connectivity index (χ0) is 11.2. The first-order valence-electron chi connectivity index (χ1n) is 5.36. The molecule has 4 nitrogen and oxygen atoms in total. The van der Waals surface area contributed by atoms with Crippen molar-refractivity contribution in [3.8, 4) is 0 Å². The van der Waals surface area contributed by atoms with Crippen molar-refractivity contribution in [1.82, 2.24) is 15.3 Å². The first kappa shape index (κ1) is 10.8. The molecule has 0 aliphatic carbocycles. The lowest BCUT2D eigenvalue weighted by atomic mass is 10.3. The third-order valence-electron chi connectivity index (χ3n) is 2.27. The Balaban J connectivity index is 1.72. The molecular formula is C12H15N3O. The molecule has 16 heavy (non-hydrogen) atoms. The molecule has 0 saturated carbocycles. The van der Waals surface area contributed by atoms with Gasteiger partial charge in [-0.1, -0.05) is 0 Å². The van der Waals surface area contributed by atoms with Gasteiger partial charge in [0, 0.05) is 25.7 Å². The van der Waals surface area contributed by atoms with Gasteiger partial charge >= 0.3 is 0 Å². The fourth-order valence-corrected chi connectivity index (χ4v) is 1.49. The maximum atomic E-state index is 5.24. The lowest BCUT2D eigenvalue weighted by molar-refractivity contribution is 0.498. The molecule has 2 heterocycles. The van der Waals surface area contributed by atoms with Crippen LogP contribution in [-0.2, 0) is 13.0 Å². The molecule has 0 spiro atoms. The van der Waals surface area contributed by atoms with Crippen molar-refractivity contribution in [2.75, 3.05) is 6.54 Å². The molecule has 0 unspecified atom stereocenters. The highest BCUT2D eigenvalue weighted by atomic mass is 16.3. The third-order valence-corrected chi connectivity index (χ3v) is 2.27. The zero-order valence-corrected chi connectivity index (χ0v) is 9.31. The Kier molecular flexibility index (Phi) is 3.66. The van der Waals surface area contributed by atoms with Crippen molar-refractivity contribution in [1.29, 1.82) is 0 Å². The van der Waals surface area contributed by atoms with Crippen LogP contribution in [0.5, 0.6) is 0 Å². The van der Waals surface area contributed by atoms with Gasteiger partial charge in [-0.15, -0.1) is 0 Å². The highest BCUT2D eigenvalue weighted by molar-refractivity contribution is 5.02. The topological polar surface area (TPSA) is 51.0 Å². The van der Waals surface area contributed by atoms with E-state index in [1.807, 2.05) is 25.1 Å². The second-order valence-corrected chi connectivity index (χ2v) is 3.60. The van der Waals surface area contributed by atoms with E-state index < -0.39 is 0 Å². The first-order chi connectivity index (χ1) is 7.84. The van der Waals surface area contributed by atoms with Crippen molar-refractivity contribution >= 4 is 0 Å². The number of aryl methyl sites for hydroxylation is 1. The Morgan fingerprint density at radius 1 is 1.38 bits per heavy atom. The Labute approximate surface area is 94.7 Å². The lowest BCUT2D eigenvalue weighted by Gasteiger charge is -2.03. The molecule has 0 saturated heterocycles. The second kappa shape index (κ2) is 5.42. The fraction of sp³-hybridized carbons (Fsp3) is 0.333. The first-order valence-corrected chi connectivity index (χ1v) is 5.36. The predicted octanol–water partition coefficient (Wildman–Crippen LogP) is 1.71. The minimum Gasteiger partial charge on any atom is -0.469 e. The number of nitrogens with zero attached hydrogens (tertiary/aromatic N) is 2. The van der Waals surface area contributed by atoms with Gasteiger partial charge in [0.1, 0.15) is 11.6 Å². The summed E-state index contributed by atoms with van der Waals surface area (Å²) in [5, 5.41) is 3.32. The average molecular weight is 217 g/mol. The maximum Gasteiger partial charge on any atom is 0.125 e.